The van der Waals surface area contributed by atoms with E-state index in [1.54, 1.807) is 5.57 Å². The molecule has 4 rings (SSSR count). The maximum absolute atomic E-state index is 11.4. The predicted octanol–water partition coefficient (Wildman–Crippen LogP) is 7.98. The number of carbonyl (C=O) groups is 1. The number of ether oxygens (including phenoxy) is 2. The van der Waals surface area contributed by atoms with E-state index in [0.717, 1.165) is 48.3 Å². The van der Waals surface area contributed by atoms with Crippen LogP contribution >= 0.6 is 0 Å². The lowest BCUT2D eigenvalue weighted by molar-refractivity contribution is -0.142. The summed E-state index contributed by atoms with van der Waals surface area (Å²) in [7, 11) is 1.45. The normalized spacial score (nSPS) is 40.2. The molecule has 4 aliphatic rings. The van der Waals surface area contributed by atoms with Crippen LogP contribution < -0.4 is 0 Å². The lowest BCUT2D eigenvalue weighted by Gasteiger charge is -2.58. The number of rotatable bonds is 9. The van der Waals surface area contributed by atoms with Crippen molar-refractivity contribution >= 4 is 5.97 Å². The molecule has 194 valence electrons. The van der Waals surface area contributed by atoms with Gasteiger partial charge >= 0.3 is 5.97 Å². The third-order valence-electron chi connectivity index (χ3n) is 11.1. The highest BCUT2D eigenvalue weighted by molar-refractivity contribution is 5.69. The maximum Gasteiger partial charge on any atom is 0.307 e. The number of esters is 1. The van der Waals surface area contributed by atoms with Gasteiger partial charge in [-0.25, -0.2) is 0 Å². The first-order valence-electron chi connectivity index (χ1n) is 14.6. The molecule has 0 aromatic rings. The molecule has 3 heteroatoms. The van der Waals surface area contributed by atoms with E-state index in [2.05, 4.69) is 40.7 Å². The molecule has 0 bridgehead atoms. The fraction of sp³-hybridized carbons (Fsp3) is 0.903. The van der Waals surface area contributed by atoms with Crippen molar-refractivity contribution in [2.45, 2.75) is 118 Å². The summed E-state index contributed by atoms with van der Waals surface area (Å²) in [5.41, 5.74) is 2.60. The van der Waals surface area contributed by atoms with Crippen molar-refractivity contribution in [3.8, 4) is 0 Å². The molecule has 0 N–H and O–H groups in total. The molecule has 4 aliphatic carbocycles. The summed E-state index contributed by atoms with van der Waals surface area (Å²) >= 11 is 0. The predicted molar refractivity (Wildman–Crippen MR) is 139 cm³/mol. The highest BCUT2D eigenvalue weighted by atomic mass is 16.5. The Labute approximate surface area is 209 Å². The van der Waals surface area contributed by atoms with Crippen molar-refractivity contribution in [2.75, 3.05) is 13.7 Å². The van der Waals surface area contributed by atoms with Crippen LogP contribution in [0.5, 0.6) is 0 Å². The zero-order valence-corrected chi connectivity index (χ0v) is 23.0. The standard InChI is InChI=1S/C31H52O3/c1-21(2)8-7-9-22(3)26-12-13-27-25-11-10-23-20-24(34-19-16-29(32)33-6)14-17-30(23,4)28(25)15-18-31(26,27)5/h10,21-22,24-28H,7-9,11-20H2,1-6H3/t22-,24+,25?,26-,27?,28?,30+,31-/m1/s1. The second kappa shape index (κ2) is 10.7. The zero-order chi connectivity index (χ0) is 24.5. The molecule has 0 aromatic carbocycles. The Morgan fingerprint density at radius 3 is 2.59 bits per heavy atom. The average molecular weight is 473 g/mol. The van der Waals surface area contributed by atoms with E-state index in [1.165, 1.54) is 64.9 Å². The number of hydrogen-bond donors (Lipinski definition) is 0. The largest absolute Gasteiger partial charge is 0.469 e. The van der Waals surface area contributed by atoms with Gasteiger partial charge in [-0.3, -0.25) is 4.79 Å². The lowest BCUT2D eigenvalue weighted by Crippen LogP contribution is -2.51. The van der Waals surface area contributed by atoms with Crippen LogP contribution in [0.2, 0.25) is 0 Å². The summed E-state index contributed by atoms with van der Waals surface area (Å²) in [5, 5.41) is 0. The van der Waals surface area contributed by atoms with Gasteiger partial charge in [0.25, 0.3) is 0 Å². The Balaban J connectivity index is 1.39. The molecule has 3 fully saturated rings. The molecule has 0 spiro atoms. The molecule has 3 unspecified atom stereocenters. The minimum atomic E-state index is -0.172. The lowest BCUT2D eigenvalue weighted by atomic mass is 9.47. The Bertz CT molecular complexity index is 741. The van der Waals surface area contributed by atoms with Crippen molar-refractivity contribution in [1.82, 2.24) is 0 Å². The number of hydrogen-bond acceptors (Lipinski definition) is 3. The van der Waals surface area contributed by atoms with E-state index in [4.69, 9.17) is 9.47 Å². The highest BCUT2D eigenvalue weighted by Crippen LogP contribution is 2.67. The molecule has 0 heterocycles. The van der Waals surface area contributed by atoms with Gasteiger partial charge in [-0.05, 0) is 97.7 Å². The van der Waals surface area contributed by atoms with Gasteiger partial charge in [0, 0.05) is 0 Å². The Morgan fingerprint density at radius 2 is 1.85 bits per heavy atom. The van der Waals surface area contributed by atoms with Crippen LogP contribution in [0.4, 0.5) is 0 Å². The van der Waals surface area contributed by atoms with E-state index < -0.39 is 0 Å². The van der Waals surface area contributed by atoms with E-state index in [-0.39, 0.29) is 12.1 Å². The molecular formula is C31H52O3. The molecule has 3 saturated carbocycles. The van der Waals surface area contributed by atoms with Crippen molar-refractivity contribution in [3.63, 3.8) is 0 Å². The summed E-state index contributed by atoms with van der Waals surface area (Å²) in [6.07, 6.45) is 18.1. The third kappa shape index (κ3) is 5.02. The smallest absolute Gasteiger partial charge is 0.307 e. The van der Waals surface area contributed by atoms with Crippen molar-refractivity contribution in [3.05, 3.63) is 11.6 Å². The topological polar surface area (TPSA) is 35.5 Å². The van der Waals surface area contributed by atoms with Gasteiger partial charge in [0.05, 0.1) is 26.2 Å². The van der Waals surface area contributed by atoms with E-state index in [9.17, 15) is 4.79 Å². The number of methoxy groups -OCH3 is 1. The van der Waals surface area contributed by atoms with Crippen LogP contribution in [-0.2, 0) is 14.3 Å². The van der Waals surface area contributed by atoms with Crippen LogP contribution in [0.1, 0.15) is 112 Å². The van der Waals surface area contributed by atoms with E-state index >= 15 is 0 Å². The number of carbonyl (C=O) groups excluding carboxylic acids is 1. The van der Waals surface area contributed by atoms with Gasteiger partial charge < -0.3 is 9.47 Å². The van der Waals surface area contributed by atoms with Gasteiger partial charge in [-0.2, -0.15) is 0 Å². The fourth-order valence-corrected chi connectivity index (χ4v) is 9.21. The number of fused-ring (bicyclic) bond motifs is 5. The second-order valence-electron chi connectivity index (χ2n) is 13.4. The molecule has 0 aromatic heterocycles. The van der Waals surface area contributed by atoms with Crippen LogP contribution in [0.15, 0.2) is 11.6 Å². The summed E-state index contributed by atoms with van der Waals surface area (Å²) in [6.45, 7) is 13.1. The highest BCUT2D eigenvalue weighted by Gasteiger charge is 2.59. The molecular weight excluding hydrogens is 420 g/mol. The Morgan fingerprint density at radius 1 is 1.06 bits per heavy atom. The SMILES string of the molecule is COC(=O)CCO[C@H]1CC[C@@]2(C)C(=CCC3C2CC[C@@]2(C)C3CC[C@@H]2[C@H](C)CCCC(C)C)C1. The minimum Gasteiger partial charge on any atom is -0.469 e. The molecule has 0 radical (unpaired) electrons. The fourth-order valence-electron chi connectivity index (χ4n) is 9.21. The van der Waals surface area contributed by atoms with E-state index in [0.29, 0.717) is 23.9 Å². The van der Waals surface area contributed by atoms with Crippen molar-refractivity contribution in [2.24, 2.45) is 46.3 Å². The van der Waals surface area contributed by atoms with Gasteiger partial charge in [0.15, 0.2) is 0 Å². The van der Waals surface area contributed by atoms with E-state index in [1.807, 2.05) is 0 Å². The summed E-state index contributed by atoms with van der Waals surface area (Å²) < 4.78 is 10.9. The quantitative estimate of drug-likeness (QED) is 0.252. The molecule has 34 heavy (non-hydrogen) atoms. The second-order valence-corrected chi connectivity index (χ2v) is 13.4. The third-order valence-corrected chi connectivity index (χ3v) is 11.1. The molecule has 0 saturated heterocycles. The van der Waals surface area contributed by atoms with Crippen LogP contribution in [0, 0.1) is 46.3 Å². The maximum atomic E-state index is 11.4. The molecule has 0 amide bonds. The first kappa shape index (κ1) is 26.2. The summed E-state index contributed by atoms with van der Waals surface area (Å²) in [4.78, 5) is 11.4. The van der Waals surface area contributed by atoms with Gasteiger partial charge in [0.2, 0.25) is 0 Å². The first-order chi connectivity index (χ1) is 16.2. The summed E-state index contributed by atoms with van der Waals surface area (Å²) in [6, 6.07) is 0. The molecule has 3 nitrogen and oxygen atoms in total. The van der Waals surface area contributed by atoms with Crippen LogP contribution in [0.25, 0.3) is 0 Å². The van der Waals surface area contributed by atoms with Crippen molar-refractivity contribution < 1.29 is 14.3 Å². The van der Waals surface area contributed by atoms with Gasteiger partial charge in [-0.1, -0.05) is 65.5 Å². The average Bonchev–Trinajstić information content (AvgIpc) is 3.16. The van der Waals surface area contributed by atoms with Crippen LogP contribution in [-0.4, -0.2) is 25.8 Å². The monoisotopic (exact) mass is 472 g/mol. The number of allylic oxidation sites excluding steroid dienone is 1. The Hall–Kier alpha value is -0.830. The van der Waals surface area contributed by atoms with Crippen LogP contribution in [0.3, 0.4) is 0 Å². The van der Waals surface area contributed by atoms with Crippen molar-refractivity contribution in [1.29, 1.82) is 0 Å². The summed E-state index contributed by atoms with van der Waals surface area (Å²) in [5.74, 6) is 5.15. The molecule has 8 atom stereocenters. The van der Waals surface area contributed by atoms with Gasteiger partial charge in [0.1, 0.15) is 0 Å². The zero-order valence-electron chi connectivity index (χ0n) is 23.0. The Kier molecular flexibility index (Phi) is 8.22. The van der Waals surface area contributed by atoms with Gasteiger partial charge in [-0.15, -0.1) is 0 Å². The molecule has 0 aliphatic heterocycles. The minimum absolute atomic E-state index is 0.172. The first-order valence-corrected chi connectivity index (χ1v) is 14.6.